The number of nitrogens with zero attached hydrogens (tertiary/aromatic N) is 2. The molecule has 0 unspecified atom stereocenters. The van der Waals surface area contributed by atoms with Gasteiger partial charge in [0.1, 0.15) is 5.82 Å². The molecule has 0 spiro atoms. The number of aliphatic hydroxyl groups excluding tert-OH is 1. The van der Waals surface area contributed by atoms with Crippen LogP contribution in [0, 0.1) is 0 Å². The third-order valence-corrected chi connectivity index (χ3v) is 4.20. The van der Waals surface area contributed by atoms with E-state index in [-0.39, 0.29) is 6.61 Å². The molecule has 0 amide bonds. The molecule has 3 rings (SSSR count). The summed E-state index contributed by atoms with van der Waals surface area (Å²) in [6, 6.07) is 19.6. The first-order chi connectivity index (χ1) is 12.8. The first-order valence-electron chi connectivity index (χ1n) is 8.53. The molecule has 26 heavy (non-hydrogen) atoms. The van der Waals surface area contributed by atoms with E-state index in [1.54, 1.807) is 0 Å². The first-order valence-corrected chi connectivity index (χ1v) is 8.90. The minimum atomic E-state index is 0.128. The van der Waals surface area contributed by atoms with Crippen LogP contribution in [0.5, 0.6) is 0 Å². The molecule has 1 heterocycles. The molecular formula is C20H21ClN4O. The number of hydrogen-bond acceptors (Lipinski definition) is 5. The van der Waals surface area contributed by atoms with Crippen LogP contribution in [0.2, 0.25) is 5.02 Å². The molecule has 134 valence electrons. The van der Waals surface area contributed by atoms with Crippen molar-refractivity contribution in [2.75, 3.05) is 23.8 Å². The van der Waals surface area contributed by atoms with E-state index in [1.807, 2.05) is 60.7 Å². The lowest BCUT2D eigenvalue weighted by Crippen LogP contribution is -2.10. The first kappa shape index (κ1) is 18.2. The van der Waals surface area contributed by atoms with Crippen molar-refractivity contribution in [1.82, 2.24) is 9.97 Å². The van der Waals surface area contributed by atoms with E-state index in [0.29, 0.717) is 31.3 Å². The van der Waals surface area contributed by atoms with Gasteiger partial charge in [0, 0.05) is 36.3 Å². The van der Waals surface area contributed by atoms with Crippen molar-refractivity contribution in [3.63, 3.8) is 0 Å². The molecule has 0 saturated carbocycles. The lowest BCUT2D eigenvalue weighted by molar-refractivity contribution is 0.292. The van der Waals surface area contributed by atoms with Crippen LogP contribution in [0.4, 0.5) is 11.8 Å². The summed E-state index contributed by atoms with van der Waals surface area (Å²) in [6.07, 6.45) is 0.640. The third kappa shape index (κ3) is 4.94. The SMILES string of the molecule is OCCCNc1nc(NCc2ccccc2Cl)cc(-c2ccccc2)n1. The number of rotatable bonds is 8. The molecule has 0 fully saturated rings. The molecule has 0 aliphatic rings. The number of anilines is 2. The zero-order chi connectivity index (χ0) is 18.2. The van der Waals surface area contributed by atoms with Crippen molar-refractivity contribution in [3.8, 4) is 11.3 Å². The van der Waals surface area contributed by atoms with Gasteiger partial charge in [-0.25, -0.2) is 4.98 Å². The van der Waals surface area contributed by atoms with Crippen molar-refractivity contribution >= 4 is 23.4 Å². The number of nitrogens with one attached hydrogen (secondary N) is 2. The quantitative estimate of drug-likeness (QED) is 0.520. The third-order valence-electron chi connectivity index (χ3n) is 3.83. The van der Waals surface area contributed by atoms with Crippen LogP contribution in [-0.2, 0) is 6.54 Å². The molecule has 0 aliphatic carbocycles. The molecule has 0 radical (unpaired) electrons. The molecular weight excluding hydrogens is 348 g/mol. The zero-order valence-corrected chi connectivity index (χ0v) is 15.1. The molecule has 3 aromatic rings. The molecule has 2 aromatic carbocycles. The molecule has 5 nitrogen and oxygen atoms in total. The number of hydrogen-bond donors (Lipinski definition) is 3. The lowest BCUT2D eigenvalue weighted by atomic mass is 10.1. The van der Waals surface area contributed by atoms with Crippen LogP contribution in [0.25, 0.3) is 11.3 Å². The van der Waals surface area contributed by atoms with E-state index < -0.39 is 0 Å². The summed E-state index contributed by atoms with van der Waals surface area (Å²) >= 11 is 6.22. The van der Waals surface area contributed by atoms with Gasteiger partial charge in [-0.05, 0) is 18.1 Å². The van der Waals surface area contributed by atoms with Crippen molar-refractivity contribution in [1.29, 1.82) is 0 Å². The van der Waals surface area contributed by atoms with Gasteiger partial charge in [0.05, 0.1) is 5.69 Å². The Kier molecular flexibility index (Phi) is 6.41. The number of halogens is 1. The molecule has 0 bridgehead atoms. The maximum absolute atomic E-state index is 8.96. The summed E-state index contributed by atoms with van der Waals surface area (Å²) in [5, 5.41) is 16.2. The summed E-state index contributed by atoms with van der Waals surface area (Å²) in [7, 11) is 0. The average molecular weight is 369 g/mol. The Labute approximate surface area is 158 Å². The van der Waals surface area contributed by atoms with E-state index in [1.165, 1.54) is 0 Å². The Morgan fingerprint density at radius 2 is 1.69 bits per heavy atom. The van der Waals surface area contributed by atoms with E-state index in [2.05, 4.69) is 20.6 Å². The van der Waals surface area contributed by atoms with Crippen molar-refractivity contribution in [2.45, 2.75) is 13.0 Å². The second-order valence-corrected chi connectivity index (χ2v) is 6.18. The predicted molar refractivity (Wildman–Crippen MR) is 106 cm³/mol. The van der Waals surface area contributed by atoms with Gasteiger partial charge in [-0.2, -0.15) is 4.98 Å². The average Bonchev–Trinajstić information content (AvgIpc) is 2.68. The van der Waals surface area contributed by atoms with Crippen LogP contribution in [-0.4, -0.2) is 28.2 Å². The Hall–Kier alpha value is -2.63. The summed E-state index contributed by atoms with van der Waals surface area (Å²) < 4.78 is 0. The number of aliphatic hydroxyl groups is 1. The van der Waals surface area contributed by atoms with Gasteiger partial charge in [-0.3, -0.25) is 0 Å². The van der Waals surface area contributed by atoms with Crippen LogP contribution in [0.1, 0.15) is 12.0 Å². The highest BCUT2D eigenvalue weighted by Crippen LogP contribution is 2.22. The highest BCUT2D eigenvalue weighted by molar-refractivity contribution is 6.31. The topological polar surface area (TPSA) is 70.1 Å². The second-order valence-electron chi connectivity index (χ2n) is 5.78. The zero-order valence-electron chi connectivity index (χ0n) is 14.3. The Morgan fingerprint density at radius 3 is 2.46 bits per heavy atom. The van der Waals surface area contributed by atoms with Gasteiger partial charge in [-0.15, -0.1) is 0 Å². The molecule has 0 atom stereocenters. The minimum Gasteiger partial charge on any atom is -0.396 e. The Morgan fingerprint density at radius 1 is 0.923 bits per heavy atom. The summed E-state index contributed by atoms with van der Waals surface area (Å²) in [6.45, 7) is 1.31. The van der Waals surface area contributed by atoms with Crippen LogP contribution >= 0.6 is 11.6 Å². The van der Waals surface area contributed by atoms with Gasteiger partial charge < -0.3 is 15.7 Å². The minimum absolute atomic E-state index is 0.128. The van der Waals surface area contributed by atoms with Crippen molar-refractivity contribution < 1.29 is 5.11 Å². The van der Waals surface area contributed by atoms with Crippen molar-refractivity contribution in [3.05, 3.63) is 71.2 Å². The van der Waals surface area contributed by atoms with Gasteiger partial charge in [0.2, 0.25) is 5.95 Å². The van der Waals surface area contributed by atoms with Gasteiger partial charge >= 0.3 is 0 Å². The van der Waals surface area contributed by atoms with Crippen LogP contribution in [0.3, 0.4) is 0 Å². The Balaban J connectivity index is 1.83. The molecule has 0 aliphatic heterocycles. The summed E-state index contributed by atoms with van der Waals surface area (Å²) in [5.41, 5.74) is 2.85. The maximum Gasteiger partial charge on any atom is 0.225 e. The van der Waals surface area contributed by atoms with E-state index in [9.17, 15) is 0 Å². The van der Waals surface area contributed by atoms with Gasteiger partial charge in [0.25, 0.3) is 0 Å². The molecule has 1 aromatic heterocycles. The summed E-state index contributed by atoms with van der Waals surface area (Å²) in [4.78, 5) is 9.10. The lowest BCUT2D eigenvalue weighted by Gasteiger charge is -2.12. The number of aromatic nitrogens is 2. The maximum atomic E-state index is 8.96. The van der Waals surface area contributed by atoms with E-state index in [4.69, 9.17) is 16.7 Å². The number of benzene rings is 2. The van der Waals surface area contributed by atoms with Gasteiger partial charge in [-0.1, -0.05) is 60.1 Å². The molecule has 0 saturated heterocycles. The Bertz CT molecular complexity index is 842. The van der Waals surface area contributed by atoms with Gasteiger partial charge in [0.15, 0.2) is 0 Å². The fourth-order valence-electron chi connectivity index (χ4n) is 2.48. The highest BCUT2D eigenvalue weighted by atomic mass is 35.5. The second kappa shape index (κ2) is 9.17. The van der Waals surface area contributed by atoms with Crippen molar-refractivity contribution in [2.24, 2.45) is 0 Å². The predicted octanol–water partition coefficient (Wildman–Crippen LogP) is 4.20. The normalized spacial score (nSPS) is 10.5. The van der Waals surface area contributed by atoms with E-state index in [0.717, 1.165) is 21.8 Å². The molecule has 6 heteroatoms. The summed E-state index contributed by atoms with van der Waals surface area (Å²) in [5.74, 6) is 1.24. The fourth-order valence-corrected chi connectivity index (χ4v) is 2.68. The van der Waals surface area contributed by atoms with Crippen LogP contribution in [0.15, 0.2) is 60.7 Å². The smallest absolute Gasteiger partial charge is 0.225 e. The monoisotopic (exact) mass is 368 g/mol. The van der Waals surface area contributed by atoms with Crippen LogP contribution < -0.4 is 10.6 Å². The fraction of sp³-hybridized carbons (Fsp3) is 0.200. The largest absolute Gasteiger partial charge is 0.396 e. The molecule has 3 N–H and O–H groups in total. The standard InChI is InChI=1S/C20H21ClN4O/c21-17-10-5-4-9-16(17)14-23-19-13-18(15-7-2-1-3-8-15)24-20(25-19)22-11-6-12-26/h1-5,7-10,13,26H,6,11-12,14H2,(H2,22,23,24,25). The highest BCUT2D eigenvalue weighted by Gasteiger charge is 2.07. The van der Waals surface area contributed by atoms with E-state index >= 15 is 0 Å².